The third kappa shape index (κ3) is 2.23. The SMILES string of the molecule is CNC(=O)CNC1(C(=O)O)CCCC1. The Bertz CT molecular complexity index is 234. The van der Waals surface area contributed by atoms with E-state index in [0.717, 1.165) is 12.8 Å². The van der Waals surface area contributed by atoms with Gasteiger partial charge in [-0.2, -0.15) is 0 Å². The predicted octanol–water partition coefficient (Wildman–Crippen LogP) is -0.281. The van der Waals surface area contributed by atoms with E-state index >= 15 is 0 Å². The van der Waals surface area contributed by atoms with Crippen LogP contribution in [0.5, 0.6) is 0 Å². The van der Waals surface area contributed by atoms with Crippen molar-refractivity contribution in [3.63, 3.8) is 0 Å². The molecule has 0 unspecified atom stereocenters. The predicted molar refractivity (Wildman–Crippen MR) is 50.9 cm³/mol. The normalized spacial score (nSPS) is 19.2. The van der Waals surface area contributed by atoms with Gasteiger partial charge in [-0.15, -0.1) is 0 Å². The topological polar surface area (TPSA) is 78.4 Å². The van der Waals surface area contributed by atoms with E-state index in [2.05, 4.69) is 10.6 Å². The smallest absolute Gasteiger partial charge is 0.323 e. The second-order valence-corrected chi connectivity index (χ2v) is 3.62. The van der Waals surface area contributed by atoms with E-state index in [4.69, 9.17) is 5.11 Å². The molecule has 5 nitrogen and oxygen atoms in total. The first-order valence-electron chi connectivity index (χ1n) is 4.80. The second kappa shape index (κ2) is 4.41. The van der Waals surface area contributed by atoms with E-state index in [-0.39, 0.29) is 12.5 Å². The first-order chi connectivity index (χ1) is 6.60. The van der Waals surface area contributed by atoms with Gasteiger partial charge in [0.25, 0.3) is 0 Å². The Hall–Kier alpha value is -1.10. The first kappa shape index (κ1) is 11.0. The molecule has 0 spiro atoms. The molecule has 0 bridgehead atoms. The van der Waals surface area contributed by atoms with Crippen LogP contribution in [-0.4, -0.2) is 36.1 Å². The molecule has 1 saturated carbocycles. The fourth-order valence-corrected chi connectivity index (χ4v) is 1.78. The number of carbonyl (C=O) groups is 2. The molecular weight excluding hydrogens is 184 g/mol. The molecular formula is C9H16N2O3. The summed E-state index contributed by atoms with van der Waals surface area (Å²) in [5.41, 5.74) is -0.869. The van der Waals surface area contributed by atoms with Gasteiger partial charge in [0, 0.05) is 7.05 Å². The lowest BCUT2D eigenvalue weighted by molar-refractivity contribution is -0.144. The highest BCUT2D eigenvalue weighted by atomic mass is 16.4. The second-order valence-electron chi connectivity index (χ2n) is 3.62. The van der Waals surface area contributed by atoms with Crippen LogP contribution in [0, 0.1) is 0 Å². The average Bonchev–Trinajstić information content (AvgIpc) is 2.64. The lowest BCUT2D eigenvalue weighted by Gasteiger charge is -2.24. The number of carbonyl (C=O) groups excluding carboxylic acids is 1. The number of hydrogen-bond acceptors (Lipinski definition) is 3. The minimum Gasteiger partial charge on any atom is -0.480 e. The molecule has 1 fully saturated rings. The van der Waals surface area contributed by atoms with Gasteiger partial charge in [0.2, 0.25) is 5.91 Å². The Labute approximate surface area is 82.9 Å². The molecule has 1 aliphatic carbocycles. The molecule has 0 aromatic rings. The number of amides is 1. The average molecular weight is 200 g/mol. The van der Waals surface area contributed by atoms with Crippen LogP contribution < -0.4 is 10.6 Å². The third-order valence-electron chi connectivity index (χ3n) is 2.73. The summed E-state index contributed by atoms with van der Waals surface area (Å²) in [5, 5.41) is 14.3. The van der Waals surface area contributed by atoms with Gasteiger partial charge in [0.15, 0.2) is 0 Å². The van der Waals surface area contributed by atoms with Crippen LogP contribution in [0.25, 0.3) is 0 Å². The Balaban J connectivity index is 2.52. The highest BCUT2D eigenvalue weighted by molar-refractivity contribution is 5.82. The molecule has 1 amide bonds. The van der Waals surface area contributed by atoms with Crippen molar-refractivity contribution in [1.29, 1.82) is 0 Å². The molecule has 0 aliphatic heterocycles. The molecule has 0 saturated heterocycles. The van der Waals surface area contributed by atoms with E-state index in [1.807, 2.05) is 0 Å². The van der Waals surface area contributed by atoms with Crippen molar-refractivity contribution in [3.8, 4) is 0 Å². The zero-order chi connectivity index (χ0) is 10.6. The van der Waals surface area contributed by atoms with Crippen molar-refractivity contribution in [2.45, 2.75) is 31.2 Å². The molecule has 0 radical (unpaired) electrons. The summed E-state index contributed by atoms with van der Waals surface area (Å²) >= 11 is 0. The summed E-state index contributed by atoms with van der Waals surface area (Å²) in [5.74, 6) is -1.03. The Morgan fingerprint density at radius 2 is 1.93 bits per heavy atom. The zero-order valence-corrected chi connectivity index (χ0v) is 8.30. The van der Waals surface area contributed by atoms with Gasteiger partial charge >= 0.3 is 5.97 Å². The molecule has 14 heavy (non-hydrogen) atoms. The molecule has 3 N–H and O–H groups in total. The van der Waals surface area contributed by atoms with Gasteiger partial charge in [0.05, 0.1) is 6.54 Å². The number of carboxylic acid groups (broad SMARTS) is 1. The van der Waals surface area contributed by atoms with Crippen molar-refractivity contribution in [3.05, 3.63) is 0 Å². The van der Waals surface area contributed by atoms with Gasteiger partial charge in [-0.05, 0) is 12.8 Å². The maximum atomic E-state index is 11.0. The standard InChI is InChI=1S/C9H16N2O3/c1-10-7(12)6-11-9(8(13)14)4-2-3-5-9/h11H,2-6H2,1H3,(H,10,12)(H,13,14). The highest BCUT2D eigenvalue weighted by Gasteiger charge is 2.40. The number of hydrogen-bond donors (Lipinski definition) is 3. The number of aliphatic carboxylic acids is 1. The number of nitrogens with one attached hydrogen (secondary N) is 2. The Kier molecular flexibility index (Phi) is 3.46. The number of carboxylic acids is 1. The van der Waals surface area contributed by atoms with Crippen LogP contribution in [0.4, 0.5) is 0 Å². The zero-order valence-electron chi connectivity index (χ0n) is 8.30. The van der Waals surface area contributed by atoms with Crippen molar-refractivity contribution in [2.24, 2.45) is 0 Å². The molecule has 1 rings (SSSR count). The molecule has 1 aliphatic rings. The van der Waals surface area contributed by atoms with Gasteiger partial charge in [-0.25, -0.2) is 0 Å². The maximum absolute atomic E-state index is 11.0. The third-order valence-corrected chi connectivity index (χ3v) is 2.73. The largest absolute Gasteiger partial charge is 0.480 e. The fourth-order valence-electron chi connectivity index (χ4n) is 1.78. The van der Waals surface area contributed by atoms with Gasteiger partial charge in [-0.3, -0.25) is 14.9 Å². The lowest BCUT2D eigenvalue weighted by atomic mass is 9.98. The van der Waals surface area contributed by atoms with E-state index in [1.54, 1.807) is 0 Å². The number of likely N-dealkylation sites (N-methyl/N-ethyl adjacent to an activating group) is 1. The van der Waals surface area contributed by atoms with Gasteiger partial charge < -0.3 is 10.4 Å². The molecule has 0 aromatic heterocycles. The van der Waals surface area contributed by atoms with Crippen molar-refractivity contribution >= 4 is 11.9 Å². The van der Waals surface area contributed by atoms with Crippen molar-refractivity contribution < 1.29 is 14.7 Å². The summed E-state index contributed by atoms with van der Waals surface area (Å²) in [6.07, 6.45) is 3.04. The van der Waals surface area contributed by atoms with Crippen LogP contribution in [0.2, 0.25) is 0 Å². The van der Waals surface area contributed by atoms with Crippen LogP contribution in [0.3, 0.4) is 0 Å². The monoisotopic (exact) mass is 200 g/mol. The van der Waals surface area contributed by atoms with E-state index in [9.17, 15) is 9.59 Å². The molecule has 0 aromatic carbocycles. The van der Waals surface area contributed by atoms with Crippen molar-refractivity contribution in [2.75, 3.05) is 13.6 Å². The van der Waals surface area contributed by atoms with Crippen LogP contribution in [-0.2, 0) is 9.59 Å². The summed E-state index contributed by atoms with van der Waals surface area (Å²) in [7, 11) is 1.53. The van der Waals surface area contributed by atoms with E-state index < -0.39 is 11.5 Å². The summed E-state index contributed by atoms with van der Waals surface area (Å²) in [6.45, 7) is 0.0722. The number of rotatable bonds is 4. The highest BCUT2D eigenvalue weighted by Crippen LogP contribution is 2.29. The minimum atomic E-state index is -0.869. The van der Waals surface area contributed by atoms with Crippen molar-refractivity contribution in [1.82, 2.24) is 10.6 Å². The molecule has 0 atom stereocenters. The van der Waals surface area contributed by atoms with Crippen LogP contribution in [0.15, 0.2) is 0 Å². The summed E-state index contributed by atoms with van der Waals surface area (Å²) < 4.78 is 0. The van der Waals surface area contributed by atoms with Gasteiger partial charge in [-0.1, -0.05) is 12.8 Å². The van der Waals surface area contributed by atoms with Crippen LogP contribution in [0.1, 0.15) is 25.7 Å². The summed E-state index contributed by atoms with van der Waals surface area (Å²) in [6, 6.07) is 0. The maximum Gasteiger partial charge on any atom is 0.323 e. The lowest BCUT2D eigenvalue weighted by Crippen LogP contribution is -2.52. The van der Waals surface area contributed by atoms with Crippen LogP contribution >= 0.6 is 0 Å². The van der Waals surface area contributed by atoms with E-state index in [1.165, 1.54) is 7.05 Å². The molecule has 0 heterocycles. The Morgan fingerprint density at radius 1 is 1.36 bits per heavy atom. The fraction of sp³-hybridized carbons (Fsp3) is 0.778. The molecule has 5 heteroatoms. The summed E-state index contributed by atoms with van der Waals surface area (Å²) in [4.78, 5) is 22.0. The van der Waals surface area contributed by atoms with Gasteiger partial charge in [0.1, 0.15) is 5.54 Å². The molecule has 80 valence electrons. The quantitative estimate of drug-likeness (QED) is 0.583. The van der Waals surface area contributed by atoms with E-state index in [0.29, 0.717) is 12.8 Å². The minimum absolute atomic E-state index is 0.0722. The Morgan fingerprint density at radius 3 is 2.36 bits per heavy atom. The first-order valence-corrected chi connectivity index (χ1v) is 4.80.